The van der Waals surface area contributed by atoms with Crippen LogP contribution in [0.15, 0.2) is 18.2 Å². The van der Waals surface area contributed by atoms with Gasteiger partial charge in [-0.2, -0.15) is 0 Å². The number of benzene rings is 1. The van der Waals surface area contributed by atoms with Gasteiger partial charge in [-0.25, -0.2) is 8.78 Å². The lowest BCUT2D eigenvalue weighted by molar-refractivity contribution is -0.0228. The highest BCUT2D eigenvalue weighted by Crippen LogP contribution is 2.28. The minimum atomic E-state index is -0.827. The van der Waals surface area contributed by atoms with Gasteiger partial charge < -0.3 is 10.1 Å². The predicted molar refractivity (Wildman–Crippen MR) is 64.4 cm³/mol. The van der Waals surface area contributed by atoms with Crippen molar-refractivity contribution in [1.29, 1.82) is 0 Å². The molecule has 0 spiro atoms. The monoisotopic (exact) mass is 263 g/mol. The van der Waals surface area contributed by atoms with E-state index in [9.17, 15) is 8.78 Å². The van der Waals surface area contributed by atoms with Gasteiger partial charge in [-0.1, -0.05) is 12.1 Å². The fourth-order valence-electron chi connectivity index (χ4n) is 2.08. The average molecular weight is 264 g/mol. The molecule has 1 N–H and O–H groups in total. The quantitative estimate of drug-likeness (QED) is 0.841. The lowest BCUT2D eigenvalue weighted by Crippen LogP contribution is -2.47. The number of rotatable bonds is 1. The zero-order valence-electron chi connectivity index (χ0n) is 9.74. The fraction of sp³-hybridized carbons (Fsp3) is 0.500. The summed E-state index contributed by atoms with van der Waals surface area (Å²) in [5.41, 5.74) is 0.284. The number of halogens is 3. The molecule has 17 heavy (non-hydrogen) atoms. The highest BCUT2D eigenvalue weighted by atomic mass is 35.5. The van der Waals surface area contributed by atoms with Crippen molar-refractivity contribution >= 4 is 12.4 Å². The molecular weight excluding hydrogens is 248 g/mol. The van der Waals surface area contributed by atoms with Crippen LogP contribution in [0.4, 0.5) is 8.78 Å². The molecule has 0 saturated carbocycles. The molecule has 1 aromatic rings. The van der Waals surface area contributed by atoms with Crippen LogP contribution in [0.5, 0.6) is 0 Å². The Labute approximate surface area is 106 Å². The molecule has 3 unspecified atom stereocenters. The van der Waals surface area contributed by atoms with Crippen LogP contribution in [0, 0.1) is 11.6 Å². The highest BCUT2D eigenvalue weighted by Gasteiger charge is 2.29. The molecule has 0 radical (unpaired) electrons. The van der Waals surface area contributed by atoms with E-state index in [1.807, 2.05) is 13.8 Å². The van der Waals surface area contributed by atoms with Gasteiger partial charge in [-0.3, -0.25) is 0 Å². The van der Waals surface area contributed by atoms with E-state index in [-0.39, 0.29) is 30.1 Å². The predicted octanol–water partition coefficient (Wildman–Crippen LogP) is 2.82. The first kappa shape index (κ1) is 14.4. The van der Waals surface area contributed by atoms with E-state index >= 15 is 0 Å². The Balaban J connectivity index is 0.00000144. The Morgan fingerprint density at radius 3 is 2.65 bits per heavy atom. The van der Waals surface area contributed by atoms with Gasteiger partial charge in [-0.05, 0) is 19.9 Å². The van der Waals surface area contributed by atoms with E-state index < -0.39 is 17.7 Å². The molecule has 1 aromatic carbocycles. The first-order valence-electron chi connectivity index (χ1n) is 5.41. The Morgan fingerprint density at radius 2 is 2.00 bits per heavy atom. The van der Waals surface area contributed by atoms with E-state index in [4.69, 9.17) is 4.74 Å². The first-order chi connectivity index (χ1) is 7.59. The second-order valence-corrected chi connectivity index (χ2v) is 4.25. The molecule has 0 aliphatic carbocycles. The maximum atomic E-state index is 13.6. The molecule has 5 heteroatoms. The summed E-state index contributed by atoms with van der Waals surface area (Å²) in [6, 6.07) is 4.39. The number of ether oxygens (including phenoxy) is 1. The standard InChI is InChI=1S/C12H15F2NO.ClH/c1-7-6-16-12(8(2)15-7)9-4-3-5-10(13)11(9)14;/h3-5,7-8,12,15H,6H2,1-2H3;1H. The van der Waals surface area contributed by atoms with Gasteiger partial charge >= 0.3 is 0 Å². The molecule has 1 fully saturated rings. The van der Waals surface area contributed by atoms with Crippen molar-refractivity contribution in [1.82, 2.24) is 5.32 Å². The smallest absolute Gasteiger partial charge is 0.164 e. The molecule has 1 aliphatic heterocycles. The Hall–Kier alpha value is -0.710. The number of morpholine rings is 1. The molecular formula is C12H16ClF2NO. The SMILES string of the molecule is CC1COC(c2cccc(F)c2F)C(C)N1.Cl. The first-order valence-corrected chi connectivity index (χ1v) is 5.41. The molecule has 2 nitrogen and oxygen atoms in total. The van der Waals surface area contributed by atoms with Crippen LogP contribution in [0.25, 0.3) is 0 Å². The average Bonchev–Trinajstić information content (AvgIpc) is 2.23. The Morgan fingerprint density at radius 1 is 1.29 bits per heavy atom. The van der Waals surface area contributed by atoms with Crippen LogP contribution in [-0.4, -0.2) is 18.7 Å². The summed E-state index contributed by atoms with van der Waals surface area (Å²) < 4.78 is 32.2. The van der Waals surface area contributed by atoms with Crippen LogP contribution in [0.1, 0.15) is 25.5 Å². The third-order valence-corrected chi connectivity index (χ3v) is 2.82. The van der Waals surface area contributed by atoms with Crippen molar-refractivity contribution < 1.29 is 13.5 Å². The third-order valence-electron chi connectivity index (χ3n) is 2.82. The summed E-state index contributed by atoms with van der Waals surface area (Å²) >= 11 is 0. The van der Waals surface area contributed by atoms with Crippen LogP contribution in [-0.2, 0) is 4.74 Å². The summed E-state index contributed by atoms with van der Waals surface area (Å²) in [6.45, 7) is 4.41. The number of hydrogen-bond acceptors (Lipinski definition) is 2. The van der Waals surface area contributed by atoms with E-state index in [0.717, 1.165) is 6.07 Å². The summed E-state index contributed by atoms with van der Waals surface area (Å²) in [6.07, 6.45) is -0.424. The van der Waals surface area contributed by atoms with Crippen molar-refractivity contribution in [3.8, 4) is 0 Å². The minimum Gasteiger partial charge on any atom is -0.370 e. The van der Waals surface area contributed by atoms with Gasteiger partial charge in [0.1, 0.15) is 6.10 Å². The van der Waals surface area contributed by atoms with E-state index in [1.165, 1.54) is 6.07 Å². The molecule has 1 aliphatic rings. The highest BCUT2D eigenvalue weighted by molar-refractivity contribution is 5.85. The molecule has 1 saturated heterocycles. The van der Waals surface area contributed by atoms with Gasteiger partial charge in [-0.15, -0.1) is 12.4 Å². The summed E-state index contributed by atoms with van der Waals surface area (Å²) in [5.74, 6) is -1.64. The second kappa shape index (κ2) is 5.76. The molecule has 0 bridgehead atoms. The van der Waals surface area contributed by atoms with Crippen molar-refractivity contribution in [2.75, 3.05) is 6.61 Å². The topological polar surface area (TPSA) is 21.3 Å². The zero-order valence-corrected chi connectivity index (χ0v) is 10.6. The van der Waals surface area contributed by atoms with Gasteiger partial charge in [0.2, 0.25) is 0 Å². The normalized spacial score (nSPS) is 28.6. The van der Waals surface area contributed by atoms with E-state index in [0.29, 0.717) is 6.61 Å². The van der Waals surface area contributed by atoms with Crippen LogP contribution in [0.2, 0.25) is 0 Å². The van der Waals surface area contributed by atoms with Gasteiger partial charge in [0.05, 0.1) is 6.61 Å². The molecule has 2 rings (SSSR count). The zero-order chi connectivity index (χ0) is 11.7. The van der Waals surface area contributed by atoms with E-state index in [1.54, 1.807) is 6.07 Å². The minimum absolute atomic E-state index is 0. The molecule has 3 atom stereocenters. The lowest BCUT2D eigenvalue weighted by atomic mass is 10.00. The van der Waals surface area contributed by atoms with Gasteiger partial charge in [0.25, 0.3) is 0 Å². The molecule has 0 amide bonds. The number of nitrogens with one attached hydrogen (secondary N) is 1. The Kier molecular flexibility index (Phi) is 4.86. The van der Waals surface area contributed by atoms with Gasteiger partial charge in [0, 0.05) is 17.6 Å². The summed E-state index contributed by atoms with van der Waals surface area (Å²) in [7, 11) is 0. The van der Waals surface area contributed by atoms with Crippen LogP contribution >= 0.6 is 12.4 Å². The maximum absolute atomic E-state index is 13.6. The largest absolute Gasteiger partial charge is 0.370 e. The van der Waals surface area contributed by atoms with Crippen molar-refractivity contribution in [2.45, 2.75) is 32.0 Å². The maximum Gasteiger partial charge on any atom is 0.164 e. The van der Waals surface area contributed by atoms with Crippen LogP contribution in [0.3, 0.4) is 0 Å². The fourth-order valence-corrected chi connectivity index (χ4v) is 2.08. The molecule has 1 heterocycles. The summed E-state index contributed by atoms with van der Waals surface area (Å²) in [4.78, 5) is 0. The van der Waals surface area contributed by atoms with Crippen LogP contribution < -0.4 is 5.32 Å². The van der Waals surface area contributed by atoms with Crippen molar-refractivity contribution in [3.05, 3.63) is 35.4 Å². The van der Waals surface area contributed by atoms with Crippen molar-refractivity contribution in [2.24, 2.45) is 0 Å². The second-order valence-electron chi connectivity index (χ2n) is 4.25. The summed E-state index contributed by atoms with van der Waals surface area (Å²) in [5, 5.41) is 3.26. The lowest BCUT2D eigenvalue weighted by Gasteiger charge is -2.34. The molecule has 0 aromatic heterocycles. The number of hydrogen-bond donors (Lipinski definition) is 1. The van der Waals surface area contributed by atoms with Crippen molar-refractivity contribution in [3.63, 3.8) is 0 Å². The third kappa shape index (κ3) is 2.94. The Bertz CT molecular complexity index is 389. The van der Waals surface area contributed by atoms with Gasteiger partial charge in [0.15, 0.2) is 11.6 Å². The molecule has 96 valence electrons. The van der Waals surface area contributed by atoms with E-state index in [2.05, 4.69) is 5.32 Å².